The minimum absolute atomic E-state index is 0.0562. The third kappa shape index (κ3) is 2.77. The molecule has 0 aromatic heterocycles. The second kappa shape index (κ2) is 6.06. The normalized spacial score (nSPS) is 39.4. The number of piperazine rings is 1. The smallest absolute Gasteiger partial charge is 0.311 e. The average Bonchev–Trinajstić information content (AvgIpc) is 2.89. The summed E-state index contributed by atoms with van der Waals surface area (Å²) in [5.74, 6) is 0.149. The van der Waals surface area contributed by atoms with Gasteiger partial charge >= 0.3 is 5.97 Å². The predicted molar refractivity (Wildman–Crippen MR) is 95.0 cm³/mol. The molecule has 136 valence electrons. The van der Waals surface area contributed by atoms with Crippen LogP contribution in [-0.4, -0.2) is 67.4 Å². The fraction of sp³-hybridized carbons (Fsp3) is 0.700. The van der Waals surface area contributed by atoms with Crippen molar-refractivity contribution in [2.24, 2.45) is 17.3 Å². The van der Waals surface area contributed by atoms with Crippen LogP contribution in [0.2, 0.25) is 0 Å². The van der Waals surface area contributed by atoms with Crippen molar-refractivity contribution in [1.29, 1.82) is 0 Å². The number of ketones is 1. The van der Waals surface area contributed by atoms with E-state index in [1.807, 2.05) is 13.0 Å². The lowest BCUT2D eigenvalue weighted by Crippen LogP contribution is -2.48. The third-order valence-corrected chi connectivity index (χ3v) is 6.78. The van der Waals surface area contributed by atoms with Crippen LogP contribution >= 0.6 is 0 Å². The number of nitrogens with zero attached hydrogens (tertiary/aromatic N) is 2. The third-order valence-electron chi connectivity index (χ3n) is 6.78. The molecule has 0 amide bonds. The fourth-order valence-corrected chi connectivity index (χ4v) is 5.09. The molecule has 4 atom stereocenters. The molecular weight excluding hydrogens is 316 g/mol. The molecule has 4 rings (SSSR count). The van der Waals surface area contributed by atoms with Crippen molar-refractivity contribution in [2.45, 2.75) is 32.8 Å². The van der Waals surface area contributed by atoms with Crippen LogP contribution < -0.4 is 0 Å². The number of hydrogen-bond donors (Lipinski definition) is 0. The molecule has 5 nitrogen and oxygen atoms in total. The first-order chi connectivity index (χ1) is 11.9. The first-order valence-corrected chi connectivity index (χ1v) is 9.45. The van der Waals surface area contributed by atoms with Crippen LogP contribution in [0.3, 0.4) is 0 Å². The molecule has 0 bridgehead atoms. The number of likely N-dealkylation sites (N-methyl/N-ethyl adjacent to an activating group) is 1. The topological polar surface area (TPSA) is 49.9 Å². The fourth-order valence-electron chi connectivity index (χ4n) is 5.09. The van der Waals surface area contributed by atoms with Gasteiger partial charge in [0.05, 0.1) is 5.92 Å². The molecule has 0 aromatic carbocycles. The molecule has 0 spiro atoms. The minimum Gasteiger partial charge on any atom is -0.457 e. The van der Waals surface area contributed by atoms with Gasteiger partial charge in [-0.15, -0.1) is 0 Å². The number of ether oxygens (including phenoxy) is 1. The van der Waals surface area contributed by atoms with E-state index in [0.717, 1.165) is 56.7 Å². The lowest BCUT2D eigenvalue weighted by molar-refractivity contribution is -0.144. The number of rotatable bonds is 2. The zero-order valence-corrected chi connectivity index (χ0v) is 15.5. The second-order valence-electron chi connectivity index (χ2n) is 8.42. The molecular formula is C20H28N2O3. The summed E-state index contributed by atoms with van der Waals surface area (Å²) in [6.07, 6.45) is 5.48. The highest BCUT2D eigenvalue weighted by Gasteiger charge is 2.54. The van der Waals surface area contributed by atoms with Crippen LogP contribution in [-0.2, 0) is 14.3 Å². The van der Waals surface area contributed by atoms with E-state index in [1.165, 1.54) is 0 Å². The number of allylic oxidation sites excluding steroid dienone is 3. The lowest BCUT2D eigenvalue weighted by Gasteiger charge is -2.43. The van der Waals surface area contributed by atoms with E-state index in [2.05, 4.69) is 23.8 Å². The van der Waals surface area contributed by atoms with Crippen molar-refractivity contribution in [1.82, 2.24) is 9.80 Å². The Kier molecular flexibility index (Phi) is 4.12. The van der Waals surface area contributed by atoms with Crippen LogP contribution in [0.15, 0.2) is 23.3 Å². The number of hydrogen-bond acceptors (Lipinski definition) is 5. The van der Waals surface area contributed by atoms with E-state index < -0.39 is 0 Å². The van der Waals surface area contributed by atoms with Crippen molar-refractivity contribution in [3.8, 4) is 0 Å². The quantitative estimate of drug-likeness (QED) is 0.713. The number of carbonyl (C=O) groups excluding carboxylic acids is 2. The molecule has 2 heterocycles. The maximum Gasteiger partial charge on any atom is 0.311 e. The van der Waals surface area contributed by atoms with E-state index in [-0.39, 0.29) is 35.1 Å². The molecule has 1 saturated carbocycles. The lowest BCUT2D eigenvalue weighted by atomic mass is 9.61. The SMILES string of the molecule is CC1=C2C3OC(=O)C(CN4CCN(C)CC4)C3CCC2(C)C=CC1=O. The van der Waals surface area contributed by atoms with Gasteiger partial charge in [-0.1, -0.05) is 13.0 Å². The Bertz CT molecular complexity index is 660. The van der Waals surface area contributed by atoms with Crippen molar-refractivity contribution in [2.75, 3.05) is 39.8 Å². The first kappa shape index (κ1) is 17.0. The van der Waals surface area contributed by atoms with Gasteiger partial charge in [0, 0.05) is 49.6 Å². The van der Waals surface area contributed by atoms with E-state index in [0.29, 0.717) is 0 Å². The molecule has 5 heteroatoms. The summed E-state index contributed by atoms with van der Waals surface area (Å²) in [6.45, 7) is 8.99. The van der Waals surface area contributed by atoms with Crippen molar-refractivity contribution in [3.63, 3.8) is 0 Å². The van der Waals surface area contributed by atoms with E-state index in [4.69, 9.17) is 4.74 Å². The van der Waals surface area contributed by atoms with Gasteiger partial charge < -0.3 is 9.64 Å². The molecule has 25 heavy (non-hydrogen) atoms. The van der Waals surface area contributed by atoms with Gasteiger partial charge in [0.2, 0.25) is 0 Å². The minimum atomic E-state index is -0.211. The Morgan fingerprint density at radius 2 is 1.96 bits per heavy atom. The Balaban J connectivity index is 1.56. The summed E-state index contributed by atoms with van der Waals surface area (Å²) in [5, 5.41) is 0. The molecule has 2 aliphatic heterocycles. The molecule has 4 aliphatic rings. The first-order valence-electron chi connectivity index (χ1n) is 9.45. The Morgan fingerprint density at radius 3 is 2.68 bits per heavy atom. The summed E-state index contributed by atoms with van der Waals surface area (Å²) >= 11 is 0. The van der Waals surface area contributed by atoms with Crippen LogP contribution in [0.25, 0.3) is 0 Å². The van der Waals surface area contributed by atoms with Crippen molar-refractivity contribution >= 4 is 11.8 Å². The molecule has 3 fully saturated rings. The van der Waals surface area contributed by atoms with Gasteiger partial charge in [-0.25, -0.2) is 0 Å². The molecule has 2 aliphatic carbocycles. The van der Waals surface area contributed by atoms with Crippen LogP contribution in [0.4, 0.5) is 0 Å². The second-order valence-corrected chi connectivity index (χ2v) is 8.42. The summed E-state index contributed by atoms with van der Waals surface area (Å²) in [4.78, 5) is 29.6. The summed E-state index contributed by atoms with van der Waals surface area (Å²) in [6, 6.07) is 0. The van der Waals surface area contributed by atoms with Gasteiger partial charge in [-0.3, -0.25) is 14.5 Å². The van der Waals surface area contributed by atoms with Gasteiger partial charge in [-0.2, -0.15) is 0 Å². The zero-order chi connectivity index (χ0) is 17.8. The van der Waals surface area contributed by atoms with E-state index >= 15 is 0 Å². The molecule has 0 N–H and O–H groups in total. The number of carbonyl (C=O) groups is 2. The van der Waals surface area contributed by atoms with Crippen LogP contribution in [0.1, 0.15) is 26.7 Å². The van der Waals surface area contributed by atoms with E-state index in [1.54, 1.807) is 6.08 Å². The predicted octanol–water partition coefficient (Wildman–Crippen LogP) is 1.65. The Morgan fingerprint density at radius 1 is 1.24 bits per heavy atom. The molecule has 4 unspecified atom stereocenters. The maximum atomic E-state index is 12.7. The maximum absolute atomic E-state index is 12.7. The molecule has 0 radical (unpaired) electrons. The standard InChI is InChI=1S/C20H28N2O3/c1-13-16(23)5-7-20(2)6-4-14-15(19(24)25-18(14)17(13)20)12-22-10-8-21(3)9-11-22/h5,7,14-15,18H,4,6,8-12H2,1-3H3. The molecule has 0 aromatic rings. The van der Waals surface area contributed by atoms with Crippen molar-refractivity contribution < 1.29 is 14.3 Å². The van der Waals surface area contributed by atoms with E-state index in [9.17, 15) is 9.59 Å². The Hall–Kier alpha value is -1.46. The summed E-state index contributed by atoms with van der Waals surface area (Å²) < 4.78 is 5.87. The van der Waals surface area contributed by atoms with Crippen LogP contribution in [0, 0.1) is 17.3 Å². The molecule has 2 saturated heterocycles. The zero-order valence-electron chi connectivity index (χ0n) is 15.5. The Labute approximate surface area is 149 Å². The van der Waals surface area contributed by atoms with Crippen LogP contribution in [0.5, 0.6) is 0 Å². The van der Waals surface area contributed by atoms with Gasteiger partial charge in [0.25, 0.3) is 0 Å². The van der Waals surface area contributed by atoms with Gasteiger partial charge in [0.15, 0.2) is 5.78 Å². The van der Waals surface area contributed by atoms with Gasteiger partial charge in [0.1, 0.15) is 6.10 Å². The highest BCUT2D eigenvalue weighted by Crippen LogP contribution is 2.53. The van der Waals surface area contributed by atoms with Gasteiger partial charge in [-0.05, 0) is 38.5 Å². The summed E-state index contributed by atoms with van der Waals surface area (Å²) in [7, 11) is 2.14. The monoisotopic (exact) mass is 344 g/mol. The number of esters is 1. The highest BCUT2D eigenvalue weighted by molar-refractivity contribution is 6.05. The number of fused-ring (bicyclic) bond motifs is 3. The largest absolute Gasteiger partial charge is 0.457 e. The van der Waals surface area contributed by atoms with Crippen molar-refractivity contribution in [3.05, 3.63) is 23.3 Å². The summed E-state index contributed by atoms with van der Waals surface area (Å²) in [5.41, 5.74) is 1.71. The highest BCUT2D eigenvalue weighted by atomic mass is 16.6. The average molecular weight is 344 g/mol.